The zero-order valence-electron chi connectivity index (χ0n) is 14.0. The molecule has 0 aliphatic carbocycles. The van der Waals surface area contributed by atoms with Crippen molar-refractivity contribution in [2.45, 2.75) is 13.8 Å². The average molecular weight is 374 g/mol. The number of amides is 1. The van der Waals surface area contributed by atoms with E-state index in [0.29, 0.717) is 32.0 Å². The molecule has 5 nitrogen and oxygen atoms in total. The molecular formula is C18H16ClN3O2S. The molecule has 0 fully saturated rings. The topological polar surface area (TPSA) is 64.1 Å². The second kappa shape index (κ2) is 7.21. The molecule has 128 valence electrons. The minimum absolute atomic E-state index is 0.239. The lowest BCUT2D eigenvalue weighted by atomic mass is 10.2. The Labute approximate surface area is 154 Å². The first kappa shape index (κ1) is 17.4. The van der Waals surface area contributed by atoms with Crippen molar-refractivity contribution in [3.8, 4) is 16.5 Å². The van der Waals surface area contributed by atoms with Gasteiger partial charge in [0, 0.05) is 17.3 Å². The number of methoxy groups -OCH3 is 1. The molecule has 1 aromatic carbocycles. The molecule has 1 N–H and O–H groups in total. The van der Waals surface area contributed by atoms with Crippen LogP contribution < -0.4 is 10.1 Å². The zero-order valence-corrected chi connectivity index (χ0v) is 15.5. The average Bonchev–Trinajstić information content (AvgIpc) is 3.00. The lowest BCUT2D eigenvalue weighted by molar-refractivity contribution is 0.102. The van der Waals surface area contributed by atoms with Crippen LogP contribution in [0.4, 0.5) is 5.69 Å². The minimum Gasteiger partial charge on any atom is -0.495 e. The maximum absolute atomic E-state index is 12.7. The highest BCUT2D eigenvalue weighted by molar-refractivity contribution is 7.17. The summed E-state index contributed by atoms with van der Waals surface area (Å²) in [6, 6.07) is 9.07. The maximum Gasteiger partial charge on any atom is 0.267 e. The second-order valence-electron chi connectivity index (χ2n) is 5.40. The molecule has 1 amide bonds. The van der Waals surface area contributed by atoms with Gasteiger partial charge in [0.2, 0.25) is 0 Å². The smallest absolute Gasteiger partial charge is 0.267 e. The fourth-order valence-electron chi connectivity index (χ4n) is 2.31. The Hall–Kier alpha value is -2.44. The van der Waals surface area contributed by atoms with Gasteiger partial charge < -0.3 is 10.1 Å². The molecule has 0 saturated heterocycles. The lowest BCUT2D eigenvalue weighted by Crippen LogP contribution is -2.12. The van der Waals surface area contributed by atoms with E-state index >= 15 is 0 Å². The number of thiazole rings is 1. The van der Waals surface area contributed by atoms with Gasteiger partial charge in [0.15, 0.2) is 0 Å². The Morgan fingerprint density at radius 2 is 2.08 bits per heavy atom. The number of carbonyl (C=O) groups is 1. The van der Waals surface area contributed by atoms with Crippen molar-refractivity contribution in [3.63, 3.8) is 0 Å². The van der Waals surface area contributed by atoms with Crippen LogP contribution >= 0.6 is 22.9 Å². The third-order valence-corrected chi connectivity index (χ3v) is 5.20. The van der Waals surface area contributed by atoms with Crippen LogP contribution in [0.1, 0.15) is 20.9 Å². The van der Waals surface area contributed by atoms with Crippen LogP contribution in [0.5, 0.6) is 5.75 Å². The number of ether oxygens (including phenoxy) is 1. The summed E-state index contributed by atoms with van der Waals surface area (Å²) in [6.45, 7) is 3.68. The van der Waals surface area contributed by atoms with E-state index in [1.54, 1.807) is 18.3 Å². The fourth-order valence-corrected chi connectivity index (χ4v) is 3.41. The number of aromatic nitrogens is 2. The first-order valence-corrected chi connectivity index (χ1v) is 8.73. The SMILES string of the molecule is COc1cc(Cl)c(C)cc1NC(=O)c1sc(-c2ccccn2)nc1C. The normalized spacial score (nSPS) is 10.6. The summed E-state index contributed by atoms with van der Waals surface area (Å²) in [5.41, 5.74) is 2.83. The molecule has 2 heterocycles. The quantitative estimate of drug-likeness (QED) is 0.717. The maximum atomic E-state index is 12.7. The molecule has 3 aromatic rings. The highest BCUT2D eigenvalue weighted by Crippen LogP contribution is 2.32. The van der Waals surface area contributed by atoms with E-state index in [4.69, 9.17) is 16.3 Å². The molecule has 0 saturated carbocycles. The van der Waals surface area contributed by atoms with E-state index in [9.17, 15) is 4.79 Å². The summed E-state index contributed by atoms with van der Waals surface area (Å²) < 4.78 is 5.30. The third kappa shape index (κ3) is 3.65. The first-order valence-electron chi connectivity index (χ1n) is 7.54. The summed E-state index contributed by atoms with van der Waals surface area (Å²) in [5, 5.41) is 4.17. The largest absolute Gasteiger partial charge is 0.495 e. The molecule has 7 heteroatoms. The molecule has 25 heavy (non-hydrogen) atoms. The van der Waals surface area contributed by atoms with Crippen LogP contribution in [0.15, 0.2) is 36.5 Å². The standard InChI is InChI=1S/C18H16ClN3O2S/c1-10-8-14(15(24-3)9-12(10)19)22-17(23)16-11(2)21-18(25-16)13-6-4-5-7-20-13/h4-9H,1-3H3,(H,22,23). The molecule has 0 aliphatic heterocycles. The first-order chi connectivity index (χ1) is 12.0. The fraction of sp³-hybridized carbons (Fsp3) is 0.167. The Bertz CT molecular complexity index is 926. The van der Waals surface area contributed by atoms with Gasteiger partial charge in [-0.2, -0.15) is 0 Å². The van der Waals surface area contributed by atoms with Gasteiger partial charge >= 0.3 is 0 Å². The summed E-state index contributed by atoms with van der Waals surface area (Å²) in [6.07, 6.45) is 1.70. The Morgan fingerprint density at radius 1 is 1.28 bits per heavy atom. The Balaban J connectivity index is 1.90. The van der Waals surface area contributed by atoms with E-state index in [2.05, 4.69) is 15.3 Å². The number of halogens is 1. The number of nitrogens with zero attached hydrogens (tertiary/aromatic N) is 2. The summed E-state index contributed by atoms with van der Waals surface area (Å²) >= 11 is 7.42. The van der Waals surface area contributed by atoms with Crippen molar-refractivity contribution in [1.82, 2.24) is 9.97 Å². The highest BCUT2D eigenvalue weighted by Gasteiger charge is 2.18. The molecule has 3 rings (SSSR count). The predicted octanol–water partition coefficient (Wildman–Crippen LogP) is 4.74. The molecule has 0 bridgehead atoms. The number of pyridine rings is 1. The van der Waals surface area contributed by atoms with Crippen LogP contribution in [0.2, 0.25) is 5.02 Å². The molecule has 0 radical (unpaired) electrons. The van der Waals surface area contributed by atoms with Crippen molar-refractivity contribution >= 4 is 34.5 Å². The van der Waals surface area contributed by atoms with Crippen molar-refractivity contribution in [3.05, 3.63) is 57.7 Å². The Kier molecular flexibility index (Phi) is 5.01. The number of aryl methyl sites for hydroxylation is 2. The van der Waals surface area contributed by atoms with Crippen molar-refractivity contribution in [1.29, 1.82) is 0 Å². The monoisotopic (exact) mass is 373 g/mol. The van der Waals surface area contributed by atoms with Crippen LogP contribution in [-0.4, -0.2) is 23.0 Å². The van der Waals surface area contributed by atoms with Gasteiger partial charge in [0.05, 0.1) is 24.2 Å². The second-order valence-corrected chi connectivity index (χ2v) is 6.81. The van der Waals surface area contributed by atoms with Gasteiger partial charge in [-0.3, -0.25) is 9.78 Å². The molecule has 0 aliphatic rings. The summed E-state index contributed by atoms with van der Waals surface area (Å²) in [5.74, 6) is 0.272. The van der Waals surface area contributed by atoms with E-state index in [1.165, 1.54) is 18.4 Å². The highest BCUT2D eigenvalue weighted by atomic mass is 35.5. The van der Waals surface area contributed by atoms with Gasteiger partial charge in [-0.25, -0.2) is 4.98 Å². The number of anilines is 1. The summed E-state index contributed by atoms with van der Waals surface area (Å²) in [4.78, 5) is 22.0. The van der Waals surface area contributed by atoms with Gasteiger partial charge in [-0.15, -0.1) is 11.3 Å². The van der Waals surface area contributed by atoms with Crippen LogP contribution in [0, 0.1) is 13.8 Å². The number of carbonyl (C=O) groups excluding carboxylic acids is 1. The summed E-state index contributed by atoms with van der Waals surface area (Å²) in [7, 11) is 1.54. The molecule has 0 unspecified atom stereocenters. The van der Waals surface area contributed by atoms with Gasteiger partial charge in [-0.1, -0.05) is 17.7 Å². The van der Waals surface area contributed by atoms with Gasteiger partial charge in [0.25, 0.3) is 5.91 Å². The van der Waals surface area contributed by atoms with E-state index in [0.717, 1.165) is 11.3 Å². The van der Waals surface area contributed by atoms with E-state index < -0.39 is 0 Å². The zero-order chi connectivity index (χ0) is 18.0. The number of rotatable bonds is 4. The third-order valence-electron chi connectivity index (χ3n) is 3.62. The molecule has 0 atom stereocenters. The van der Waals surface area contributed by atoms with Gasteiger partial charge in [-0.05, 0) is 37.6 Å². The van der Waals surface area contributed by atoms with Crippen molar-refractivity contribution in [2.24, 2.45) is 0 Å². The molecular weight excluding hydrogens is 358 g/mol. The molecule has 2 aromatic heterocycles. The van der Waals surface area contributed by atoms with Crippen molar-refractivity contribution in [2.75, 3.05) is 12.4 Å². The van der Waals surface area contributed by atoms with E-state index in [1.807, 2.05) is 32.0 Å². The van der Waals surface area contributed by atoms with Gasteiger partial charge in [0.1, 0.15) is 15.6 Å². The Morgan fingerprint density at radius 3 is 2.76 bits per heavy atom. The number of benzene rings is 1. The van der Waals surface area contributed by atoms with E-state index in [-0.39, 0.29) is 5.91 Å². The number of nitrogens with one attached hydrogen (secondary N) is 1. The van der Waals surface area contributed by atoms with Crippen LogP contribution in [0.3, 0.4) is 0 Å². The minimum atomic E-state index is -0.239. The predicted molar refractivity (Wildman–Crippen MR) is 101 cm³/mol. The van der Waals surface area contributed by atoms with Crippen LogP contribution in [-0.2, 0) is 0 Å². The van der Waals surface area contributed by atoms with Crippen LogP contribution in [0.25, 0.3) is 10.7 Å². The van der Waals surface area contributed by atoms with Crippen molar-refractivity contribution < 1.29 is 9.53 Å². The molecule has 0 spiro atoms. The number of hydrogen-bond acceptors (Lipinski definition) is 5. The lowest BCUT2D eigenvalue weighted by Gasteiger charge is -2.11. The number of hydrogen-bond donors (Lipinski definition) is 1.